The van der Waals surface area contributed by atoms with Gasteiger partial charge in [-0.05, 0) is 55.3 Å². The molecule has 162 valence electrons. The Morgan fingerprint density at radius 1 is 1.16 bits per heavy atom. The molecule has 0 saturated heterocycles. The molecule has 0 radical (unpaired) electrons. The van der Waals surface area contributed by atoms with Crippen LogP contribution in [0.2, 0.25) is 5.02 Å². The summed E-state index contributed by atoms with van der Waals surface area (Å²) in [7, 11) is 1.58. The lowest BCUT2D eigenvalue weighted by atomic mass is 9.96. The Bertz CT molecular complexity index is 1340. The maximum Gasteiger partial charge on any atom is 0.248 e. The van der Waals surface area contributed by atoms with Gasteiger partial charge in [-0.1, -0.05) is 35.9 Å². The maximum atomic E-state index is 13.4. The van der Waals surface area contributed by atoms with Crippen LogP contribution in [-0.2, 0) is 4.79 Å². The fourth-order valence-corrected chi connectivity index (χ4v) is 3.91. The number of carbonyl (C=O) groups is 1. The highest BCUT2D eigenvalue weighted by Crippen LogP contribution is 2.40. The van der Waals surface area contributed by atoms with Crippen LogP contribution in [0.1, 0.15) is 18.1 Å². The number of benzene rings is 3. The number of anilines is 1. The highest BCUT2D eigenvalue weighted by molar-refractivity contribution is 6.33. The van der Waals surface area contributed by atoms with Gasteiger partial charge in [0.15, 0.2) is 0 Å². The van der Waals surface area contributed by atoms with E-state index in [1.54, 1.807) is 49.8 Å². The van der Waals surface area contributed by atoms with E-state index in [0.717, 1.165) is 27.6 Å². The average molecular weight is 450 g/mol. The van der Waals surface area contributed by atoms with E-state index >= 15 is 0 Å². The van der Waals surface area contributed by atoms with Gasteiger partial charge in [0.25, 0.3) is 0 Å². The predicted octanol–water partition coefficient (Wildman–Crippen LogP) is 7.25. The second-order valence-corrected chi connectivity index (χ2v) is 7.82. The third-order valence-electron chi connectivity index (χ3n) is 5.31. The molecule has 4 rings (SSSR count). The molecule has 1 amide bonds. The van der Waals surface area contributed by atoms with Crippen molar-refractivity contribution in [2.75, 3.05) is 12.4 Å². The third-order valence-corrected chi connectivity index (χ3v) is 5.64. The second kappa shape index (κ2) is 8.89. The number of amides is 1. The molecule has 1 N–H and O–H groups in total. The molecule has 0 aliphatic heterocycles. The number of allylic oxidation sites excluding steroid dienone is 1. The van der Waals surface area contributed by atoms with Crippen LogP contribution >= 0.6 is 11.6 Å². The van der Waals surface area contributed by atoms with Crippen LogP contribution < -0.4 is 10.1 Å². The summed E-state index contributed by atoms with van der Waals surface area (Å²) in [5.41, 5.74) is 5.17. The molecule has 0 atom stereocenters. The van der Waals surface area contributed by atoms with Crippen molar-refractivity contribution in [2.45, 2.75) is 13.8 Å². The number of halogens is 2. The van der Waals surface area contributed by atoms with Gasteiger partial charge in [0.2, 0.25) is 5.91 Å². The fourth-order valence-electron chi connectivity index (χ4n) is 3.73. The average Bonchev–Trinajstić information content (AvgIpc) is 3.20. The SMILES string of the molecule is COc1c(/C(C)=C/C(=O)Nc2ccccc2Cl)cc2c(-c3ccc(F)cc3)coc2c1C. The highest BCUT2D eigenvalue weighted by Gasteiger charge is 2.19. The molecule has 3 aromatic carbocycles. The minimum absolute atomic E-state index is 0.302. The first-order valence-electron chi connectivity index (χ1n) is 9.98. The Morgan fingerprint density at radius 2 is 1.88 bits per heavy atom. The molecule has 4 aromatic rings. The Hall–Kier alpha value is -3.57. The van der Waals surface area contributed by atoms with Gasteiger partial charge in [-0.25, -0.2) is 4.39 Å². The van der Waals surface area contributed by atoms with Crippen molar-refractivity contribution in [1.29, 1.82) is 0 Å². The van der Waals surface area contributed by atoms with Gasteiger partial charge in [0.1, 0.15) is 17.1 Å². The summed E-state index contributed by atoms with van der Waals surface area (Å²) < 4.78 is 24.9. The first-order valence-corrected chi connectivity index (χ1v) is 10.4. The van der Waals surface area contributed by atoms with E-state index in [4.69, 9.17) is 20.8 Å². The number of hydrogen-bond donors (Lipinski definition) is 1. The largest absolute Gasteiger partial charge is 0.496 e. The molecule has 0 fully saturated rings. The zero-order valence-corrected chi connectivity index (χ0v) is 18.6. The fraction of sp³-hybridized carbons (Fsp3) is 0.115. The molecule has 6 heteroatoms. The van der Waals surface area contributed by atoms with E-state index in [0.29, 0.717) is 27.6 Å². The Kier molecular flexibility index (Phi) is 6.01. The van der Waals surface area contributed by atoms with Crippen molar-refractivity contribution >= 4 is 39.7 Å². The van der Waals surface area contributed by atoms with Crippen LogP contribution in [0.15, 0.2) is 71.4 Å². The van der Waals surface area contributed by atoms with E-state index in [2.05, 4.69) is 5.32 Å². The molecular weight excluding hydrogens is 429 g/mol. The molecule has 0 saturated carbocycles. The lowest BCUT2D eigenvalue weighted by molar-refractivity contribution is -0.111. The molecule has 0 unspecified atom stereocenters. The number of rotatable bonds is 5. The van der Waals surface area contributed by atoms with Crippen molar-refractivity contribution in [3.63, 3.8) is 0 Å². The minimum atomic E-state index is -0.304. The molecule has 0 aliphatic rings. The first-order chi connectivity index (χ1) is 15.4. The number of hydrogen-bond acceptors (Lipinski definition) is 3. The van der Waals surface area contributed by atoms with Gasteiger partial charge >= 0.3 is 0 Å². The molecule has 4 nitrogen and oxygen atoms in total. The Labute approximate surface area is 190 Å². The Morgan fingerprint density at radius 3 is 2.56 bits per heavy atom. The highest BCUT2D eigenvalue weighted by atomic mass is 35.5. The normalized spacial score (nSPS) is 11.6. The van der Waals surface area contributed by atoms with E-state index in [1.807, 2.05) is 19.9 Å². The van der Waals surface area contributed by atoms with Crippen LogP contribution in [-0.4, -0.2) is 13.0 Å². The molecule has 1 aromatic heterocycles. The Balaban J connectivity index is 1.77. The number of para-hydroxylation sites is 1. The summed E-state index contributed by atoms with van der Waals surface area (Å²) in [6.07, 6.45) is 3.15. The quantitative estimate of drug-likeness (QED) is 0.326. The van der Waals surface area contributed by atoms with Crippen LogP contribution in [0.5, 0.6) is 5.75 Å². The van der Waals surface area contributed by atoms with E-state index < -0.39 is 0 Å². The zero-order valence-electron chi connectivity index (χ0n) is 17.8. The molecule has 0 spiro atoms. The van der Waals surface area contributed by atoms with Gasteiger partial charge in [0.05, 0.1) is 24.1 Å². The number of nitrogens with one attached hydrogen (secondary N) is 1. The van der Waals surface area contributed by atoms with Crippen LogP contribution in [0.25, 0.3) is 27.7 Å². The van der Waals surface area contributed by atoms with E-state index in [9.17, 15) is 9.18 Å². The van der Waals surface area contributed by atoms with Gasteiger partial charge < -0.3 is 14.5 Å². The van der Waals surface area contributed by atoms with Gasteiger partial charge in [-0.3, -0.25) is 4.79 Å². The summed E-state index contributed by atoms with van der Waals surface area (Å²) in [5, 5.41) is 4.11. The molecule has 0 aliphatic carbocycles. The molecule has 0 bridgehead atoms. The van der Waals surface area contributed by atoms with E-state index in [-0.39, 0.29) is 11.7 Å². The smallest absolute Gasteiger partial charge is 0.248 e. The molecule has 1 heterocycles. The summed E-state index contributed by atoms with van der Waals surface area (Å²) in [5.74, 6) is 0.0153. The number of carbonyl (C=O) groups excluding carboxylic acids is 1. The standard InChI is InChI=1S/C26H21ClFNO3/c1-15(12-24(30)29-23-7-5-4-6-22(23)27)19-13-20-21(17-8-10-18(28)11-9-17)14-32-26(20)16(2)25(19)31-3/h4-14H,1-3H3,(H,29,30)/b15-12+. The lowest BCUT2D eigenvalue weighted by Crippen LogP contribution is -2.09. The van der Waals surface area contributed by atoms with E-state index in [1.165, 1.54) is 18.2 Å². The van der Waals surface area contributed by atoms with Crippen molar-refractivity contribution < 1.29 is 18.3 Å². The third kappa shape index (κ3) is 4.12. The topological polar surface area (TPSA) is 51.5 Å². The molecular formula is C26H21ClFNO3. The number of furan rings is 1. The number of fused-ring (bicyclic) bond motifs is 1. The van der Waals surface area contributed by atoms with Gasteiger partial charge in [-0.15, -0.1) is 0 Å². The van der Waals surface area contributed by atoms with Crippen molar-refractivity contribution in [1.82, 2.24) is 0 Å². The summed E-state index contributed by atoms with van der Waals surface area (Å²) >= 11 is 6.14. The monoisotopic (exact) mass is 449 g/mol. The van der Waals surface area contributed by atoms with Crippen LogP contribution in [0, 0.1) is 12.7 Å². The second-order valence-electron chi connectivity index (χ2n) is 7.41. The minimum Gasteiger partial charge on any atom is -0.496 e. The van der Waals surface area contributed by atoms with Crippen LogP contribution in [0.4, 0.5) is 10.1 Å². The number of ether oxygens (including phenoxy) is 1. The van der Waals surface area contributed by atoms with Gasteiger partial charge in [-0.2, -0.15) is 0 Å². The number of aryl methyl sites for hydroxylation is 1. The van der Waals surface area contributed by atoms with Gasteiger partial charge in [0, 0.05) is 28.2 Å². The summed E-state index contributed by atoms with van der Waals surface area (Å²) in [6.45, 7) is 3.74. The summed E-state index contributed by atoms with van der Waals surface area (Å²) in [6, 6.07) is 15.2. The van der Waals surface area contributed by atoms with Crippen LogP contribution in [0.3, 0.4) is 0 Å². The zero-order chi connectivity index (χ0) is 22.8. The van der Waals surface area contributed by atoms with Crippen molar-refractivity contribution in [2.24, 2.45) is 0 Å². The summed E-state index contributed by atoms with van der Waals surface area (Å²) in [4.78, 5) is 12.6. The first kappa shape index (κ1) is 21.7. The predicted molar refractivity (Wildman–Crippen MR) is 127 cm³/mol. The number of methoxy groups -OCH3 is 1. The maximum absolute atomic E-state index is 13.4. The lowest BCUT2D eigenvalue weighted by Gasteiger charge is -2.13. The van der Waals surface area contributed by atoms with Crippen molar-refractivity contribution in [3.8, 4) is 16.9 Å². The van der Waals surface area contributed by atoms with Crippen molar-refractivity contribution in [3.05, 3.63) is 88.9 Å². The molecule has 32 heavy (non-hydrogen) atoms.